The molecular formula is C21H20O11. The molecule has 11 heteroatoms. The van der Waals surface area contributed by atoms with Crippen LogP contribution in [0, 0.1) is 0 Å². The van der Waals surface area contributed by atoms with Crippen molar-refractivity contribution in [2.24, 2.45) is 0 Å². The van der Waals surface area contributed by atoms with Crippen LogP contribution in [0.2, 0.25) is 0 Å². The molecule has 5 atom stereocenters. The average molecular weight is 448 g/mol. The van der Waals surface area contributed by atoms with Gasteiger partial charge in [-0.1, -0.05) is 6.07 Å². The number of Topliss-reactive ketones (excluding diaryl/α,β-unsaturated/α-hetero) is 1. The number of phenolic OH excluding ortho intramolecular Hbond substituents is 3. The summed E-state index contributed by atoms with van der Waals surface area (Å²) in [4.78, 5) is 12.6. The molecule has 1 fully saturated rings. The molecule has 170 valence electrons. The first kappa shape index (κ1) is 21.9. The molecule has 1 saturated heterocycles. The molecular weight excluding hydrogens is 428 g/mol. The SMILES string of the molecule is O=C1C(=Cc2ccc(O)c(O)c2)Oc2c1ccc(O[C@@H]1O[C@@H](CO)[C@@H](O)[C@@H](O)[C@@H]1O)c2O. The van der Waals surface area contributed by atoms with E-state index in [1.807, 2.05) is 0 Å². The van der Waals surface area contributed by atoms with Crippen molar-refractivity contribution in [1.29, 1.82) is 0 Å². The summed E-state index contributed by atoms with van der Waals surface area (Å²) in [6.45, 7) is -0.653. The van der Waals surface area contributed by atoms with Crippen LogP contribution in [0.25, 0.3) is 6.08 Å². The number of carbonyl (C=O) groups excluding carboxylic acids is 1. The van der Waals surface area contributed by atoms with E-state index in [0.29, 0.717) is 5.56 Å². The number of rotatable bonds is 4. The van der Waals surface area contributed by atoms with Gasteiger partial charge in [0.1, 0.15) is 24.4 Å². The van der Waals surface area contributed by atoms with Crippen LogP contribution in [0.3, 0.4) is 0 Å². The third kappa shape index (κ3) is 3.72. The number of ether oxygens (including phenoxy) is 3. The molecule has 0 unspecified atom stereocenters. The number of ketones is 1. The Hall–Kier alpha value is -3.35. The summed E-state index contributed by atoms with van der Waals surface area (Å²) >= 11 is 0. The van der Waals surface area contributed by atoms with Gasteiger partial charge < -0.3 is 50.0 Å². The minimum Gasteiger partial charge on any atom is -0.504 e. The largest absolute Gasteiger partial charge is 0.504 e. The molecule has 4 rings (SSSR count). The van der Waals surface area contributed by atoms with Crippen molar-refractivity contribution in [2.45, 2.75) is 30.7 Å². The average Bonchev–Trinajstić information content (AvgIpc) is 3.09. The predicted molar refractivity (Wildman–Crippen MR) is 105 cm³/mol. The highest BCUT2D eigenvalue weighted by Crippen LogP contribution is 2.45. The molecule has 2 aliphatic rings. The van der Waals surface area contributed by atoms with Crippen LogP contribution in [-0.2, 0) is 4.74 Å². The predicted octanol–water partition coefficient (Wildman–Crippen LogP) is -0.402. The number of benzene rings is 2. The minimum absolute atomic E-state index is 0.0258. The summed E-state index contributed by atoms with van der Waals surface area (Å²) in [6.07, 6.45) is -6.38. The number of aliphatic hydroxyl groups is 4. The second-order valence-electron chi connectivity index (χ2n) is 7.29. The summed E-state index contributed by atoms with van der Waals surface area (Å²) < 4.78 is 16.1. The zero-order chi connectivity index (χ0) is 23.2. The van der Waals surface area contributed by atoms with Crippen molar-refractivity contribution in [1.82, 2.24) is 0 Å². The third-order valence-corrected chi connectivity index (χ3v) is 5.16. The van der Waals surface area contributed by atoms with Crippen molar-refractivity contribution in [3.05, 3.63) is 47.2 Å². The summed E-state index contributed by atoms with van der Waals surface area (Å²) in [6, 6.07) is 6.43. The maximum absolute atomic E-state index is 12.6. The van der Waals surface area contributed by atoms with Gasteiger partial charge in [-0.3, -0.25) is 4.79 Å². The standard InChI is InChI=1S/C21H20O11/c22-7-14-16(26)18(28)19(29)21(32-14)31-12-4-2-9-15(25)13(30-20(9)17(12)27)6-8-1-3-10(23)11(24)5-8/h1-6,14,16,18-19,21-24,26-29H,7H2/t14-,16+,18+,19-,21+/m0/s1. The Morgan fingerprint density at radius 3 is 2.41 bits per heavy atom. The Morgan fingerprint density at radius 2 is 1.72 bits per heavy atom. The van der Waals surface area contributed by atoms with Gasteiger partial charge in [0.2, 0.25) is 17.8 Å². The minimum atomic E-state index is -1.69. The van der Waals surface area contributed by atoms with Crippen molar-refractivity contribution in [3.8, 4) is 28.7 Å². The molecule has 2 aliphatic heterocycles. The molecule has 2 heterocycles. The molecule has 0 radical (unpaired) electrons. The smallest absolute Gasteiger partial charge is 0.232 e. The number of aromatic hydroxyl groups is 3. The zero-order valence-corrected chi connectivity index (χ0v) is 16.3. The Labute approximate surface area is 180 Å². The number of allylic oxidation sites excluding steroid dienone is 1. The van der Waals surface area contributed by atoms with Gasteiger partial charge >= 0.3 is 0 Å². The first-order valence-corrected chi connectivity index (χ1v) is 9.50. The van der Waals surface area contributed by atoms with E-state index < -0.39 is 48.8 Å². The van der Waals surface area contributed by atoms with Gasteiger partial charge in [-0.05, 0) is 35.9 Å². The van der Waals surface area contributed by atoms with E-state index in [4.69, 9.17) is 14.2 Å². The number of fused-ring (bicyclic) bond motifs is 1. The van der Waals surface area contributed by atoms with Gasteiger partial charge in [0.15, 0.2) is 28.8 Å². The van der Waals surface area contributed by atoms with Crippen LogP contribution in [0.5, 0.6) is 28.7 Å². The maximum atomic E-state index is 12.6. The van der Waals surface area contributed by atoms with Crippen LogP contribution < -0.4 is 9.47 Å². The van der Waals surface area contributed by atoms with E-state index in [1.54, 1.807) is 0 Å². The lowest BCUT2D eigenvalue weighted by Crippen LogP contribution is -2.60. The fourth-order valence-corrected chi connectivity index (χ4v) is 3.39. The number of hydrogen-bond donors (Lipinski definition) is 7. The lowest BCUT2D eigenvalue weighted by Gasteiger charge is -2.39. The van der Waals surface area contributed by atoms with E-state index in [-0.39, 0.29) is 34.3 Å². The first-order chi connectivity index (χ1) is 15.2. The Bertz CT molecular complexity index is 1080. The number of hydrogen-bond acceptors (Lipinski definition) is 11. The van der Waals surface area contributed by atoms with E-state index >= 15 is 0 Å². The van der Waals surface area contributed by atoms with Gasteiger partial charge in [0.25, 0.3) is 0 Å². The van der Waals surface area contributed by atoms with Gasteiger partial charge in [0, 0.05) is 0 Å². The summed E-state index contributed by atoms with van der Waals surface area (Å²) in [5.41, 5.74) is 0.381. The Balaban J connectivity index is 1.59. The maximum Gasteiger partial charge on any atom is 0.232 e. The molecule has 11 nitrogen and oxygen atoms in total. The van der Waals surface area contributed by atoms with Crippen molar-refractivity contribution >= 4 is 11.9 Å². The number of carbonyl (C=O) groups is 1. The molecule has 2 aromatic rings. The summed E-state index contributed by atoms with van der Waals surface area (Å²) in [5.74, 6) is -2.48. The lowest BCUT2D eigenvalue weighted by molar-refractivity contribution is -0.277. The number of aliphatic hydroxyl groups excluding tert-OH is 4. The van der Waals surface area contributed by atoms with E-state index in [9.17, 15) is 40.5 Å². The fraction of sp³-hybridized carbons (Fsp3) is 0.286. The molecule has 2 aromatic carbocycles. The van der Waals surface area contributed by atoms with Crippen LogP contribution in [0.15, 0.2) is 36.1 Å². The topological polar surface area (TPSA) is 186 Å². The van der Waals surface area contributed by atoms with Crippen molar-refractivity contribution in [2.75, 3.05) is 6.61 Å². The Morgan fingerprint density at radius 1 is 0.969 bits per heavy atom. The van der Waals surface area contributed by atoms with Gasteiger partial charge in [-0.15, -0.1) is 0 Å². The highest BCUT2D eigenvalue weighted by atomic mass is 16.7. The third-order valence-electron chi connectivity index (χ3n) is 5.16. The molecule has 32 heavy (non-hydrogen) atoms. The normalized spacial score (nSPS) is 28.4. The van der Waals surface area contributed by atoms with Crippen molar-refractivity contribution < 1.29 is 54.8 Å². The zero-order valence-electron chi connectivity index (χ0n) is 16.3. The van der Waals surface area contributed by atoms with E-state index in [2.05, 4.69) is 0 Å². The number of phenols is 3. The van der Waals surface area contributed by atoms with Crippen molar-refractivity contribution in [3.63, 3.8) is 0 Å². The van der Waals surface area contributed by atoms with Crippen LogP contribution in [-0.4, -0.2) is 78.8 Å². The first-order valence-electron chi connectivity index (χ1n) is 9.50. The molecule has 0 aliphatic carbocycles. The van der Waals surface area contributed by atoms with Crippen LogP contribution in [0.4, 0.5) is 0 Å². The van der Waals surface area contributed by atoms with Gasteiger partial charge in [-0.25, -0.2) is 0 Å². The highest BCUT2D eigenvalue weighted by molar-refractivity contribution is 6.15. The van der Waals surface area contributed by atoms with Crippen LogP contribution in [0.1, 0.15) is 15.9 Å². The quantitative estimate of drug-likeness (QED) is 0.238. The van der Waals surface area contributed by atoms with Gasteiger partial charge in [0.05, 0.1) is 12.2 Å². The monoisotopic (exact) mass is 448 g/mol. The van der Waals surface area contributed by atoms with E-state index in [0.717, 1.165) is 0 Å². The summed E-state index contributed by atoms with van der Waals surface area (Å²) in [7, 11) is 0. The van der Waals surface area contributed by atoms with E-state index in [1.165, 1.54) is 36.4 Å². The fourth-order valence-electron chi connectivity index (χ4n) is 3.39. The molecule has 0 spiro atoms. The Kier molecular flexibility index (Phi) is 5.67. The lowest BCUT2D eigenvalue weighted by atomic mass is 9.99. The summed E-state index contributed by atoms with van der Waals surface area (Å²) in [5, 5.41) is 68.6. The second kappa shape index (κ2) is 8.30. The molecule has 0 saturated carbocycles. The highest BCUT2D eigenvalue weighted by Gasteiger charge is 2.45. The van der Waals surface area contributed by atoms with Crippen LogP contribution >= 0.6 is 0 Å². The van der Waals surface area contributed by atoms with Gasteiger partial charge in [-0.2, -0.15) is 0 Å². The molecule has 0 amide bonds. The molecule has 0 bridgehead atoms. The molecule has 7 N–H and O–H groups in total. The second-order valence-corrected chi connectivity index (χ2v) is 7.29. The molecule has 0 aromatic heterocycles.